The molecule has 4 aromatic carbocycles. The van der Waals surface area contributed by atoms with Crippen molar-refractivity contribution in [2.75, 3.05) is 0 Å². The quantitative estimate of drug-likeness (QED) is 0.0841. The number of carbonyl (C=O) groups is 2. The molecule has 4 nitrogen and oxygen atoms in total. The average Bonchev–Trinajstić information content (AvgIpc) is 2.85. The molecule has 4 aromatic rings. The highest BCUT2D eigenvalue weighted by molar-refractivity contribution is 5.93. The Bertz CT molecular complexity index is 1450. The summed E-state index contributed by atoms with van der Waals surface area (Å²) in [4.78, 5) is 24.2. The lowest BCUT2D eigenvalue weighted by Crippen LogP contribution is -2.18. The Morgan fingerprint density at radius 2 is 0.974 bits per heavy atom. The Morgan fingerprint density at radius 1 is 0.564 bits per heavy atom. The average molecular weight is 548 g/mol. The fraction of sp³-hybridized carbons (Fsp3) is 0.0714. The van der Waals surface area contributed by atoms with Crippen molar-refractivity contribution < 1.29 is 49.8 Å². The summed E-state index contributed by atoms with van der Waals surface area (Å²) in [5.41, 5.74) is -0.684. The van der Waals surface area contributed by atoms with Crippen LogP contribution in [0, 0.1) is 47.6 Å². The highest BCUT2D eigenvalue weighted by Gasteiger charge is 2.19. The fourth-order valence-electron chi connectivity index (χ4n) is 3.63. The number of ether oxygens (including phenoxy) is 2. The number of hydrogen-bond donors (Lipinski definition) is 0. The van der Waals surface area contributed by atoms with Crippen molar-refractivity contribution >= 4 is 11.9 Å². The lowest BCUT2D eigenvalue weighted by atomic mass is 10.0. The molecule has 0 fully saturated rings. The standard InChI is InChI=1S/C28H15F7O4/c1-13-6-14(7-22(31)27(13)34)18-4-2-16(10-20(18)29)38-25(36)12-26(37)39-17-3-5-19(21(30)11-17)15-8-23(32)28(35)24(33)9-15/h2-11H,12H2,1H3. The zero-order valence-electron chi connectivity index (χ0n) is 19.8. The molecular weight excluding hydrogens is 533 g/mol. The first-order valence-electron chi connectivity index (χ1n) is 11.0. The molecule has 0 spiro atoms. The molecule has 0 heterocycles. The Balaban J connectivity index is 1.39. The third-order valence-electron chi connectivity index (χ3n) is 5.45. The fourth-order valence-corrected chi connectivity index (χ4v) is 3.63. The first-order valence-corrected chi connectivity index (χ1v) is 11.0. The second-order valence-corrected chi connectivity index (χ2v) is 8.25. The number of carbonyl (C=O) groups excluding carboxylic acids is 2. The van der Waals surface area contributed by atoms with Gasteiger partial charge in [-0.2, -0.15) is 0 Å². The van der Waals surface area contributed by atoms with Gasteiger partial charge in [0.25, 0.3) is 0 Å². The molecule has 0 N–H and O–H groups in total. The van der Waals surface area contributed by atoms with E-state index in [4.69, 9.17) is 9.47 Å². The van der Waals surface area contributed by atoms with Crippen LogP contribution < -0.4 is 9.47 Å². The molecule has 0 atom stereocenters. The summed E-state index contributed by atoms with van der Waals surface area (Å²) >= 11 is 0. The first-order chi connectivity index (χ1) is 18.4. The minimum atomic E-state index is -1.71. The summed E-state index contributed by atoms with van der Waals surface area (Å²) in [5.74, 6) is -11.9. The van der Waals surface area contributed by atoms with Crippen molar-refractivity contribution in [2.45, 2.75) is 13.3 Å². The topological polar surface area (TPSA) is 52.6 Å². The van der Waals surface area contributed by atoms with Gasteiger partial charge >= 0.3 is 11.9 Å². The van der Waals surface area contributed by atoms with E-state index in [9.17, 15) is 40.3 Å². The number of aryl methyl sites for hydroxylation is 1. The van der Waals surface area contributed by atoms with Crippen molar-refractivity contribution in [3.05, 3.63) is 107 Å². The molecule has 0 aliphatic carbocycles. The highest BCUT2D eigenvalue weighted by Crippen LogP contribution is 2.30. The summed E-state index contributed by atoms with van der Waals surface area (Å²) in [6, 6.07) is 9.21. The molecule has 0 aromatic heterocycles. The summed E-state index contributed by atoms with van der Waals surface area (Å²) in [7, 11) is 0. The molecule has 200 valence electrons. The molecule has 0 saturated heterocycles. The van der Waals surface area contributed by atoms with Crippen LogP contribution in [0.15, 0.2) is 60.7 Å². The SMILES string of the molecule is Cc1cc(-c2ccc(OC(=O)CC(=O)Oc3ccc(-c4cc(F)c(F)c(F)c4)c(F)c3)cc2F)cc(F)c1F. The number of halogens is 7. The summed E-state index contributed by atoms with van der Waals surface area (Å²) < 4.78 is 106. The van der Waals surface area contributed by atoms with E-state index in [0.29, 0.717) is 18.2 Å². The lowest BCUT2D eigenvalue weighted by molar-refractivity contribution is -0.144. The highest BCUT2D eigenvalue weighted by atomic mass is 19.2. The van der Waals surface area contributed by atoms with Gasteiger partial charge in [-0.3, -0.25) is 9.59 Å². The molecule has 0 radical (unpaired) electrons. The molecule has 4 rings (SSSR count). The van der Waals surface area contributed by atoms with Gasteiger partial charge in [0, 0.05) is 23.3 Å². The third-order valence-corrected chi connectivity index (χ3v) is 5.45. The first kappa shape index (κ1) is 27.4. The van der Waals surface area contributed by atoms with Gasteiger partial charge in [-0.25, -0.2) is 30.7 Å². The van der Waals surface area contributed by atoms with Gasteiger partial charge in [0.15, 0.2) is 29.1 Å². The van der Waals surface area contributed by atoms with Gasteiger partial charge in [0.1, 0.15) is 29.6 Å². The maximum absolute atomic E-state index is 14.6. The molecular formula is C28H15F7O4. The van der Waals surface area contributed by atoms with Crippen molar-refractivity contribution in [1.29, 1.82) is 0 Å². The van der Waals surface area contributed by atoms with Crippen LogP contribution in [0.3, 0.4) is 0 Å². The van der Waals surface area contributed by atoms with Gasteiger partial charge < -0.3 is 9.47 Å². The Kier molecular flexibility index (Phi) is 7.70. The Morgan fingerprint density at radius 3 is 1.38 bits per heavy atom. The molecule has 0 aliphatic heterocycles. The van der Waals surface area contributed by atoms with Crippen LogP contribution in [-0.4, -0.2) is 11.9 Å². The van der Waals surface area contributed by atoms with E-state index < -0.39 is 59.1 Å². The maximum atomic E-state index is 14.6. The molecule has 0 amide bonds. The van der Waals surface area contributed by atoms with Gasteiger partial charge in [-0.15, -0.1) is 0 Å². The van der Waals surface area contributed by atoms with Crippen LogP contribution >= 0.6 is 0 Å². The van der Waals surface area contributed by atoms with E-state index in [1.165, 1.54) is 25.1 Å². The molecule has 0 bridgehead atoms. The maximum Gasteiger partial charge on any atom is 0.322 e. The number of rotatable bonds is 6. The van der Waals surface area contributed by atoms with Crippen molar-refractivity contribution in [3.63, 3.8) is 0 Å². The summed E-state index contributed by atoms with van der Waals surface area (Å²) in [6.45, 7) is 1.31. The minimum Gasteiger partial charge on any atom is -0.426 e. The van der Waals surface area contributed by atoms with Crippen LogP contribution in [0.1, 0.15) is 12.0 Å². The van der Waals surface area contributed by atoms with E-state index in [-0.39, 0.29) is 39.3 Å². The van der Waals surface area contributed by atoms with E-state index in [2.05, 4.69) is 0 Å². The molecule has 0 saturated carbocycles. The largest absolute Gasteiger partial charge is 0.426 e. The van der Waals surface area contributed by atoms with Gasteiger partial charge in [-0.1, -0.05) is 0 Å². The lowest BCUT2D eigenvalue weighted by Gasteiger charge is -2.10. The predicted molar refractivity (Wildman–Crippen MR) is 124 cm³/mol. The van der Waals surface area contributed by atoms with E-state index >= 15 is 0 Å². The number of esters is 2. The van der Waals surface area contributed by atoms with Gasteiger partial charge in [0.2, 0.25) is 0 Å². The Hall–Kier alpha value is -4.67. The number of benzene rings is 4. The molecule has 0 aliphatic rings. The van der Waals surface area contributed by atoms with Crippen LogP contribution in [-0.2, 0) is 9.59 Å². The van der Waals surface area contributed by atoms with Crippen LogP contribution in [0.4, 0.5) is 30.7 Å². The van der Waals surface area contributed by atoms with Crippen LogP contribution in [0.5, 0.6) is 11.5 Å². The normalized spacial score (nSPS) is 10.9. The molecule has 39 heavy (non-hydrogen) atoms. The van der Waals surface area contributed by atoms with Crippen LogP contribution in [0.25, 0.3) is 22.3 Å². The van der Waals surface area contributed by atoms with E-state index in [1.807, 2.05) is 0 Å². The smallest absolute Gasteiger partial charge is 0.322 e. The molecule has 0 unspecified atom stereocenters. The Labute approximate surface area is 216 Å². The van der Waals surface area contributed by atoms with E-state index in [1.54, 1.807) is 0 Å². The molecule has 11 heteroatoms. The second kappa shape index (κ2) is 11.0. The predicted octanol–water partition coefficient (Wildman–Crippen LogP) is 7.20. The van der Waals surface area contributed by atoms with Gasteiger partial charge in [-0.05, 0) is 72.1 Å². The van der Waals surface area contributed by atoms with Crippen molar-refractivity contribution in [1.82, 2.24) is 0 Å². The van der Waals surface area contributed by atoms with Crippen molar-refractivity contribution in [3.8, 4) is 33.8 Å². The zero-order valence-corrected chi connectivity index (χ0v) is 19.8. The van der Waals surface area contributed by atoms with Crippen molar-refractivity contribution in [2.24, 2.45) is 0 Å². The number of hydrogen-bond acceptors (Lipinski definition) is 4. The van der Waals surface area contributed by atoms with Gasteiger partial charge in [0.05, 0.1) is 0 Å². The summed E-state index contributed by atoms with van der Waals surface area (Å²) in [5, 5.41) is 0. The zero-order chi connectivity index (χ0) is 28.4. The second-order valence-electron chi connectivity index (χ2n) is 8.25. The monoisotopic (exact) mass is 548 g/mol. The van der Waals surface area contributed by atoms with Crippen LogP contribution in [0.2, 0.25) is 0 Å². The summed E-state index contributed by atoms with van der Waals surface area (Å²) in [6.07, 6.45) is -0.955. The third kappa shape index (κ3) is 6.08. The van der Waals surface area contributed by atoms with E-state index in [0.717, 1.165) is 24.3 Å². The minimum absolute atomic E-state index is 0.0359.